The fourth-order valence-corrected chi connectivity index (χ4v) is 6.62. The average Bonchev–Trinajstić information content (AvgIpc) is 3.43. The Balaban J connectivity index is 1.46. The summed E-state index contributed by atoms with van der Waals surface area (Å²) in [5.74, 6) is 0.664. The summed E-state index contributed by atoms with van der Waals surface area (Å²) in [6, 6.07) is 53.6. The molecular formula is C40H25N3. The van der Waals surface area contributed by atoms with E-state index in [1.54, 1.807) is 0 Å². The van der Waals surface area contributed by atoms with Crippen LogP contribution in [0.3, 0.4) is 0 Å². The highest BCUT2D eigenvalue weighted by Crippen LogP contribution is 2.41. The molecule has 3 heteroatoms. The maximum atomic E-state index is 5.26. The third kappa shape index (κ3) is 3.68. The van der Waals surface area contributed by atoms with Gasteiger partial charge in [0.05, 0.1) is 22.4 Å². The molecule has 0 fully saturated rings. The van der Waals surface area contributed by atoms with E-state index in [1.807, 2.05) is 12.1 Å². The second kappa shape index (κ2) is 9.37. The van der Waals surface area contributed by atoms with Crippen molar-refractivity contribution in [1.82, 2.24) is 14.5 Å². The van der Waals surface area contributed by atoms with E-state index in [2.05, 4.69) is 144 Å². The van der Waals surface area contributed by atoms with Crippen molar-refractivity contribution in [3.8, 4) is 28.5 Å². The van der Waals surface area contributed by atoms with Crippen LogP contribution in [0.25, 0.3) is 82.6 Å². The lowest BCUT2D eigenvalue weighted by Gasteiger charge is -2.14. The van der Waals surface area contributed by atoms with E-state index in [4.69, 9.17) is 9.97 Å². The Morgan fingerprint density at radius 3 is 1.67 bits per heavy atom. The normalized spacial score (nSPS) is 11.7. The quantitative estimate of drug-likeness (QED) is 0.206. The largest absolute Gasteiger partial charge is 0.277 e. The van der Waals surface area contributed by atoms with Gasteiger partial charge in [0.2, 0.25) is 5.95 Å². The highest BCUT2D eigenvalue weighted by molar-refractivity contribution is 6.28. The lowest BCUT2D eigenvalue weighted by Crippen LogP contribution is -2.04. The molecule has 9 aromatic rings. The smallest absolute Gasteiger partial charge is 0.235 e. The third-order valence-corrected chi connectivity index (χ3v) is 8.59. The molecule has 0 aliphatic rings. The molecule has 0 aliphatic heterocycles. The zero-order chi connectivity index (χ0) is 28.3. The number of hydrogen-bond acceptors (Lipinski definition) is 2. The lowest BCUT2D eigenvalue weighted by molar-refractivity contribution is 0.998. The fourth-order valence-electron chi connectivity index (χ4n) is 6.62. The van der Waals surface area contributed by atoms with Crippen LogP contribution in [0.2, 0.25) is 0 Å². The first kappa shape index (κ1) is 23.9. The molecule has 7 aromatic carbocycles. The van der Waals surface area contributed by atoms with Crippen LogP contribution in [0.15, 0.2) is 152 Å². The highest BCUT2D eigenvalue weighted by Gasteiger charge is 2.20. The molecule has 0 saturated carbocycles. The molecule has 0 radical (unpaired) electrons. The molecular weight excluding hydrogens is 522 g/mol. The standard InChI is InChI=1S/C40H25N3/c1-3-12-27(13-4-1)35-25-36(28-14-5-2-6-15-28)42-40(41-35)43-37-18-10-9-17-32(37)34-24-21-29-20-22-31-30-16-8-7-11-26(30)19-23-33(31)38(29)39(34)43/h1-25H. The number of hydrogen-bond donors (Lipinski definition) is 0. The highest BCUT2D eigenvalue weighted by atomic mass is 15.2. The van der Waals surface area contributed by atoms with Crippen LogP contribution in [0.5, 0.6) is 0 Å². The van der Waals surface area contributed by atoms with Crippen LogP contribution in [0, 0.1) is 0 Å². The average molecular weight is 548 g/mol. The maximum absolute atomic E-state index is 5.26. The summed E-state index contributed by atoms with van der Waals surface area (Å²) in [7, 11) is 0. The van der Waals surface area contributed by atoms with Crippen LogP contribution in [-0.2, 0) is 0 Å². The van der Waals surface area contributed by atoms with Gasteiger partial charge in [-0.3, -0.25) is 4.57 Å². The zero-order valence-electron chi connectivity index (χ0n) is 23.3. The number of para-hydroxylation sites is 1. The van der Waals surface area contributed by atoms with E-state index in [-0.39, 0.29) is 0 Å². The Morgan fingerprint density at radius 1 is 0.395 bits per heavy atom. The second-order valence-corrected chi connectivity index (χ2v) is 11.0. The van der Waals surface area contributed by atoms with E-state index < -0.39 is 0 Å². The Kier molecular flexibility index (Phi) is 5.20. The van der Waals surface area contributed by atoms with Gasteiger partial charge < -0.3 is 0 Å². The van der Waals surface area contributed by atoms with Crippen molar-refractivity contribution < 1.29 is 0 Å². The van der Waals surface area contributed by atoms with Gasteiger partial charge >= 0.3 is 0 Å². The molecule has 0 saturated heterocycles. The van der Waals surface area contributed by atoms with Crippen molar-refractivity contribution in [1.29, 1.82) is 0 Å². The number of benzene rings is 7. The van der Waals surface area contributed by atoms with Gasteiger partial charge in [-0.2, -0.15) is 0 Å². The fraction of sp³-hybridized carbons (Fsp3) is 0. The van der Waals surface area contributed by atoms with Crippen molar-refractivity contribution in [2.75, 3.05) is 0 Å². The number of aromatic nitrogens is 3. The van der Waals surface area contributed by atoms with Crippen molar-refractivity contribution in [2.24, 2.45) is 0 Å². The van der Waals surface area contributed by atoms with Gasteiger partial charge in [0, 0.05) is 27.3 Å². The van der Waals surface area contributed by atoms with Gasteiger partial charge in [-0.15, -0.1) is 0 Å². The Hall–Kier alpha value is -5.80. The molecule has 2 heterocycles. The lowest BCUT2D eigenvalue weighted by atomic mass is 9.95. The van der Waals surface area contributed by atoms with Crippen molar-refractivity contribution in [2.45, 2.75) is 0 Å². The van der Waals surface area contributed by atoms with Gasteiger partial charge in [-0.1, -0.05) is 140 Å². The van der Waals surface area contributed by atoms with E-state index in [1.165, 1.54) is 43.1 Å². The van der Waals surface area contributed by atoms with Crippen LogP contribution in [-0.4, -0.2) is 14.5 Å². The van der Waals surface area contributed by atoms with Crippen LogP contribution in [0.1, 0.15) is 0 Å². The molecule has 200 valence electrons. The molecule has 43 heavy (non-hydrogen) atoms. The van der Waals surface area contributed by atoms with Crippen molar-refractivity contribution in [3.05, 3.63) is 152 Å². The Labute approximate surface area is 248 Å². The molecule has 0 spiro atoms. The summed E-state index contributed by atoms with van der Waals surface area (Å²) < 4.78 is 2.28. The van der Waals surface area contributed by atoms with Crippen molar-refractivity contribution in [3.63, 3.8) is 0 Å². The zero-order valence-corrected chi connectivity index (χ0v) is 23.3. The van der Waals surface area contributed by atoms with Gasteiger partial charge in [0.15, 0.2) is 0 Å². The summed E-state index contributed by atoms with van der Waals surface area (Å²) in [5.41, 5.74) is 6.13. The van der Waals surface area contributed by atoms with E-state index >= 15 is 0 Å². The van der Waals surface area contributed by atoms with Gasteiger partial charge in [0.25, 0.3) is 0 Å². The van der Waals surface area contributed by atoms with Crippen LogP contribution >= 0.6 is 0 Å². The molecule has 0 N–H and O–H groups in total. The van der Waals surface area contributed by atoms with Gasteiger partial charge in [-0.25, -0.2) is 9.97 Å². The molecule has 0 aliphatic carbocycles. The maximum Gasteiger partial charge on any atom is 0.235 e. The Morgan fingerprint density at radius 2 is 0.953 bits per heavy atom. The third-order valence-electron chi connectivity index (χ3n) is 8.59. The van der Waals surface area contributed by atoms with Crippen molar-refractivity contribution >= 4 is 54.1 Å². The first-order valence-corrected chi connectivity index (χ1v) is 14.6. The first-order chi connectivity index (χ1) is 21.3. The summed E-state index contributed by atoms with van der Waals surface area (Å²) in [6.45, 7) is 0. The van der Waals surface area contributed by atoms with Gasteiger partial charge in [-0.05, 0) is 39.1 Å². The minimum atomic E-state index is 0.664. The van der Waals surface area contributed by atoms with Gasteiger partial charge in [0.1, 0.15) is 0 Å². The van der Waals surface area contributed by atoms with Crippen LogP contribution < -0.4 is 0 Å². The summed E-state index contributed by atoms with van der Waals surface area (Å²) in [6.07, 6.45) is 0. The molecule has 0 unspecified atom stereocenters. The molecule has 0 atom stereocenters. The SMILES string of the molecule is c1ccc(-c2cc(-c3ccccc3)nc(-n3c4ccccc4c4ccc5ccc6c7ccccc7ccc6c5c43)n2)cc1. The Bertz CT molecular complexity index is 2440. The molecule has 9 rings (SSSR count). The first-order valence-electron chi connectivity index (χ1n) is 14.6. The number of fused-ring (bicyclic) bond motifs is 9. The second-order valence-electron chi connectivity index (χ2n) is 11.0. The molecule has 2 aromatic heterocycles. The number of nitrogens with zero attached hydrogens (tertiary/aromatic N) is 3. The number of rotatable bonds is 3. The molecule has 0 bridgehead atoms. The summed E-state index contributed by atoms with van der Waals surface area (Å²) in [5, 5.41) is 9.77. The summed E-state index contributed by atoms with van der Waals surface area (Å²) in [4.78, 5) is 10.5. The predicted molar refractivity (Wildman–Crippen MR) is 180 cm³/mol. The minimum Gasteiger partial charge on any atom is -0.277 e. The summed E-state index contributed by atoms with van der Waals surface area (Å²) >= 11 is 0. The molecule has 3 nitrogen and oxygen atoms in total. The minimum absolute atomic E-state index is 0.664. The topological polar surface area (TPSA) is 30.7 Å². The molecule has 0 amide bonds. The van der Waals surface area contributed by atoms with E-state index in [0.717, 1.165) is 33.5 Å². The predicted octanol–water partition coefficient (Wildman–Crippen LogP) is 10.4. The van der Waals surface area contributed by atoms with Crippen LogP contribution in [0.4, 0.5) is 0 Å². The van der Waals surface area contributed by atoms with E-state index in [9.17, 15) is 0 Å². The van der Waals surface area contributed by atoms with E-state index in [0.29, 0.717) is 5.95 Å². The monoisotopic (exact) mass is 547 g/mol.